The fourth-order valence-electron chi connectivity index (χ4n) is 1.60. The van der Waals surface area contributed by atoms with E-state index in [2.05, 4.69) is 0 Å². The lowest BCUT2D eigenvalue weighted by Gasteiger charge is -2.22. The summed E-state index contributed by atoms with van der Waals surface area (Å²) in [6.07, 6.45) is 0. The second-order valence-electron chi connectivity index (χ2n) is 3.89. The van der Waals surface area contributed by atoms with Crippen LogP contribution in [0.2, 0.25) is 0 Å². The van der Waals surface area contributed by atoms with Crippen LogP contribution < -0.4 is 9.62 Å². The van der Waals surface area contributed by atoms with Crippen molar-refractivity contribution in [3.63, 3.8) is 0 Å². The fraction of sp³-hybridized carbons (Fsp3) is 0.455. The van der Waals surface area contributed by atoms with Crippen LogP contribution in [0.25, 0.3) is 0 Å². The second kappa shape index (κ2) is 5.86. The van der Waals surface area contributed by atoms with Crippen LogP contribution in [0.1, 0.15) is 13.8 Å². The van der Waals surface area contributed by atoms with Gasteiger partial charge in [-0.1, -0.05) is 0 Å². The minimum absolute atomic E-state index is 0.0392. The van der Waals surface area contributed by atoms with Crippen LogP contribution in [-0.4, -0.2) is 27.0 Å². The third-order valence-corrected chi connectivity index (χ3v) is 3.72. The van der Waals surface area contributed by atoms with Crippen LogP contribution in [0.3, 0.4) is 0 Å². The highest BCUT2D eigenvalue weighted by atomic mass is 32.2. The predicted molar refractivity (Wildman–Crippen MR) is 68.6 cm³/mol. The Bertz CT molecular complexity index is 568. The molecule has 0 heterocycles. The summed E-state index contributed by atoms with van der Waals surface area (Å²) in [5.74, 6) is -0.636. The van der Waals surface area contributed by atoms with E-state index in [4.69, 9.17) is 0 Å². The summed E-state index contributed by atoms with van der Waals surface area (Å²) >= 11 is 0. The van der Waals surface area contributed by atoms with E-state index in [1.807, 2.05) is 0 Å². The Kier molecular flexibility index (Phi) is 4.85. The molecule has 0 aliphatic rings. The van der Waals surface area contributed by atoms with Gasteiger partial charge in [0.1, 0.15) is 5.82 Å². The van der Waals surface area contributed by atoms with Gasteiger partial charge in [-0.3, -0.25) is 4.72 Å². The van der Waals surface area contributed by atoms with Crippen molar-refractivity contribution < 1.29 is 26.0 Å². The number of alkyl halides is 3. The Morgan fingerprint density at radius 3 is 2.20 bits per heavy atom. The first-order chi connectivity index (χ1) is 9.12. The van der Waals surface area contributed by atoms with E-state index in [1.165, 1.54) is 4.72 Å². The molecule has 114 valence electrons. The van der Waals surface area contributed by atoms with Gasteiger partial charge in [0.25, 0.3) is 0 Å². The fourth-order valence-corrected chi connectivity index (χ4v) is 2.15. The third-order valence-electron chi connectivity index (χ3n) is 2.61. The molecule has 20 heavy (non-hydrogen) atoms. The van der Waals surface area contributed by atoms with Gasteiger partial charge in [-0.25, -0.2) is 4.39 Å². The average Bonchev–Trinajstić information content (AvgIpc) is 2.33. The molecule has 9 heteroatoms. The molecule has 1 rings (SSSR count). The first kappa shape index (κ1) is 16.5. The van der Waals surface area contributed by atoms with Crippen LogP contribution in [0.5, 0.6) is 0 Å². The largest absolute Gasteiger partial charge is 0.516 e. The topological polar surface area (TPSA) is 49.4 Å². The number of halogens is 4. The molecule has 0 spiro atoms. The normalized spacial score (nSPS) is 12.3. The number of nitrogens with one attached hydrogen (secondary N) is 1. The number of hydrogen-bond donors (Lipinski definition) is 1. The minimum atomic E-state index is -5.51. The summed E-state index contributed by atoms with van der Waals surface area (Å²) in [4.78, 5) is 1.56. The van der Waals surface area contributed by atoms with E-state index >= 15 is 0 Å². The summed E-state index contributed by atoms with van der Waals surface area (Å²) in [6.45, 7) is 4.36. The zero-order chi connectivity index (χ0) is 15.6. The molecule has 0 aliphatic carbocycles. The molecular weight excluding hydrogens is 300 g/mol. The molecule has 0 atom stereocenters. The summed E-state index contributed by atoms with van der Waals surface area (Å²) in [5, 5.41) is 0. The van der Waals surface area contributed by atoms with E-state index < -0.39 is 21.3 Å². The average molecular weight is 314 g/mol. The number of rotatable bonds is 5. The van der Waals surface area contributed by atoms with Gasteiger partial charge < -0.3 is 4.90 Å². The molecule has 0 amide bonds. The van der Waals surface area contributed by atoms with Crippen molar-refractivity contribution in [2.24, 2.45) is 0 Å². The Morgan fingerprint density at radius 2 is 1.75 bits per heavy atom. The zero-order valence-corrected chi connectivity index (χ0v) is 11.6. The maximum atomic E-state index is 13.6. The molecule has 0 saturated carbocycles. The van der Waals surface area contributed by atoms with Gasteiger partial charge in [-0.2, -0.15) is 21.6 Å². The lowest BCUT2D eigenvalue weighted by atomic mass is 10.2. The van der Waals surface area contributed by atoms with Gasteiger partial charge >= 0.3 is 15.5 Å². The van der Waals surface area contributed by atoms with Crippen LogP contribution in [0.15, 0.2) is 18.2 Å². The molecule has 0 unspecified atom stereocenters. The highest BCUT2D eigenvalue weighted by molar-refractivity contribution is 7.93. The number of sulfonamides is 1. The summed E-state index contributed by atoms with van der Waals surface area (Å²) in [5.41, 5.74) is -5.72. The Labute approximate surface area is 114 Å². The molecule has 1 aromatic carbocycles. The molecular formula is C11H14F4N2O2S. The highest BCUT2D eigenvalue weighted by Crippen LogP contribution is 2.28. The van der Waals surface area contributed by atoms with Crippen molar-refractivity contribution >= 4 is 21.4 Å². The summed E-state index contributed by atoms with van der Waals surface area (Å²) in [7, 11) is -5.51. The van der Waals surface area contributed by atoms with Crippen molar-refractivity contribution in [2.45, 2.75) is 19.4 Å². The number of hydrogen-bond acceptors (Lipinski definition) is 3. The summed E-state index contributed by atoms with van der Waals surface area (Å²) < 4.78 is 73.7. The van der Waals surface area contributed by atoms with Crippen LogP contribution in [-0.2, 0) is 10.0 Å². The molecule has 0 fully saturated rings. The Balaban J connectivity index is 3.14. The van der Waals surface area contributed by atoms with E-state index in [0.717, 1.165) is 18.2 Å². The van der Waals surface area contributed by atoms with Gasteiger partial charge in [0.05, 0.1) is 11.4 Å². The van der Waals surface area contributed by atoms with Gasteiger partial charge in [0.15, 0.2) is 0 Å². The molecule has 0 aromatic heterocycles. The van der Waals surface area contributed by atoms with Crippen molar-refractivity contribution in [1.29, 1.82) is 0 Å². The molecule has 0 bridgehead atoms. The Morgan fingerprint density at radius 1 is 1.20 bits per heavy atom. The zero-order valence-electron chi connectivity index (χ0n) is 10.8. The van der Waals surface area contributed by atoms with Gasteiger partial charge in [-0.05, 0) is 32.0 Å². The van der Waals surface area contributed by atoms with E-state index in [-0.39, 0.29) is 11.4 Å². The maximum Gasteiger partial charge on any atom is 0.516 e. The minimum Gasteiger partial charge on any atom is -0.370 e. The van der Waals surface area contributed by atoms with Gasteiger partial charge in [0.2, 0.25) is 0 Å². The summed E-state index contributed by atoms with van der Waals surface area (Å²) in [6, 6.07) is 2.89. The maximum absolute atomic E-state index is 13.6. The van der Waals surface area contributed by atoms with Crippen molar-refractivity contribution in [1.82, 2.24) is 0 Å². The third kappa shape index (κ3) is 3.53. The molecule has 4 nitrogen and oxygen atoms in total. The molecule has 1 aromatic rings. The van der Waals surface area contributed by atoms with E-state index in [9.17, 15) is 26.0 Å². The van der Waals surface area contributed by atoms with E-state index in [0.29, 0.717) is 13.1 Å². The van der Waals surface area contributed by atoms with Crippen molar-refractivity contribution in [2.75, 3.05) is 22.7 Å². The molecule has 0 saturated heterocycles. The van der Waals surface area contributed by atoms with Gasteiger partial charge in [0, 0.05) is 13.1 Å². The van der Waals surface area contributed by atoms with Gasteiger partial charge in [-0.15, -0.1) is 0 Å². The van der Waals surface area contributed by atoms with Crippen molar-refractivity contribution in [3.05, 3.63) is 24.0 Å². The monoisotopic (exact) mass is 314 g/mol. The molecule has 1 N–H and O–H groups in total. The quantitative estimate of drug-likeness (QED) is 0.850. The van der Waals surface area contributed by atoms with Crippen LogP contribution >= 0.6 is 0 Å². The highest BCUT2D eigenvalue weighted by Gasteiger charge is 2.46. The first-order valence-electron chi connectivity index (χ1n) is 5.76. The molecule has 0 aliphatic heterocycles. The molecule has 0 radical (unpaired) electrons. The predicted octanol–water partition coefficient (Wildman–Crippen LogP) is 2.93. The Hall–Kier alpha value is -1.51. The number of benzene rings is 1. The number of anilines is 2. The second-order valence-corrected chi connectivity index (χ2v) is 5.56. The van der Waals surface area contributed by atoms with E-state index in [1.54, 1.807) is 18.7 Å². The van der Waals surface area contributed by atoms with Crippen LogP contribution in [0, 0.1) is 5.82 Å². The first-order valence-corrected chi connectivity index (χ1v) is 7.24. The lowest BCUT2D eigenvalue weighted by molar-refractivity contribution is -0.0429. The lowest BCUT2D eigenvalue weighted by Crippen LogP contribution is -2.30. The van der Waals surface area contributed by atoms with Crippen molar-refractivity contribution in [3.8, 4) is 0 Å². The van der Waals surface area contributed by atoms with Crippen LogP contribution in [0.4, 0.5) is 28.9 Å². The SMILES string of the molecule is CCN(CC)c1cc(NS(=O)(=O)C(F)(F)F)ccc1F. The number of nitrogens with zero attached hydrogens (tertiary/aromatic N) is 1. The standard InChI is InChI=1S/C11H14F4N2O2S/c1-3-17(4-2)10-7-8(5-6-9(10)12)16-20(18,19)11(13,14)15/h5-7,16H,3-4H2,1-2H3. The smallest absolute Gasteiger partial charge is 0.370 e.